The van der Waals surface area contributed by atoms with Crippen molar-refractivity contribution in [1.82, 2.24) is 5.32 Å². The second kappa shape index (κ2) is 5.88. The van der Waals surface area contributed by atoms with E-state index in [1.54, 1.807) is 6.07 Å². The lowest BCUT2D eigenvalue weighted by Crippen LogP contribution is -2.47. The van der Waals surface area contributed by atoms with Gasteiger partial charge in [-0.3, -0.25) is 4.79 Å². The van der Waals surface area contributed by atoms with Crippen molar-refractivity contribution in [1.29, 1.82) is 0 Å². The Labute approximate surface area is 117 Å². The first-order valence-corrected chi connectivity index (χ1v) is 6.92. The summed E-state index contributed by atoms with van der Waals surface area (Å²) in [5.41, 5.74) is 0.0549. The fourth-order valence-electron chi connectivity index (χ4n) is 2.46. The molecule has 1 heterocycles. The van der Waals surface area contributed by atoms with Crippen molar-refractivity contribution < 1.29 is 9.18 Å². The molecule has 104 valence electrons. The second-order valence-corrected chi connectivity index (χ2v) is 5.40. The van der Waals surface area contributed by atoms with E-state index in [2.05, 4.69) is 10.6 Å². The molecule has 0 aliphatic carbocycles. The van der Waals surface area contributed by atoms with E-state index in [0.717, 1.165) is 25.8 Å². The molecule has 1 unspecified atom stereocenters. The van der Waals surface area contributed by atoms with Gasteiger partial charge in [0.1, 0.15) is 5.82 Å². The molecule has 5 heteroatoms. The van der Waals surface area contributed by atoms with E-state index in [0.29, 0.717) is 12.2 Å². The Kier molecular flexibility index (Phi) is 4.42. The summed E-state index contributed by atoms with van der Waals surface area (Å²) in [6, 6.07) is 4.31. The molecule has 1 aromatic rings. The van der Waals surface area contributed by atoms with Crippen LogP contribution in [0.1, 0.15) is 26.2 Å². The molecule has 0 saturated carbocycles. The average molecular weight is 285 g/mol. The van der Waals surface area contributed by atoms with E-state index >= 15 is 0 Å². The van der Waals surface area contributed by atoms with Gasteiger partial charge >= 0.3 is 0 Å². The van der Waals surface area contributed by atoms with E-state index in [1.807, 2.05) is 6.92 Å². The Bertz CT molecular complexity index is 473. The summed E-state index contributed by atoms with van der Waals surface area (Å²) < 4.78 is 13.4. The molecule has 19 heavy (non-hydrogen) atoms. The molecule has 3 nitrogen and oxygen atoms in total. The standard InChI is InChI=1S/C14H18ClFN2O/c1-2-14(6-3-7-17-9-14)13(19)18-10-4-5-11(15)12(16)8-10/h4-5,8,17H,2-3,6-7,9H2,1H3,(H,18,19). The van der Waals surface area contributed by atoms with Gasteiger partial charge in [0.05, 0.1) is 10.4 Å². The molecule has 0 radical (unpaired) electrons. The van der Waals surface area contributed by atoms with Crippen molar-refractivity contribution in [3.63, 3.8) is 0 Å². The minimum Gasteiger partial charge on any atom is -0.325 e. The van der Waals surface area contributed by atoms with Crippen LogP contribution in [-0.2, 0) is 4.79 Å². The number of nitrogens with one attached hydrogen (secondary N) is 2. The van der Waals surface area contributed by atoms with Crippen LogP contribution >= 0.6 is 11.6 Å². The van der Waals surface area contributed by atoms with Crippen molar-refractivity contribution in [3.8, 4) is 0 Å². The molecule has 0 aromatic heterocycles. The highest BCUT2D eigenvalue weighted by atomic mass is 35.5. The number of anilines is 1. The highest BCUT2D eigenvalue weighted by Gasteiger charge is 2.37. The molecule has 2 N–H and O–H groups in total. The van der Waals surface area contributed by atoms with Crippen LogP contribution in [-0.4, -0.2) is 19.0 Å². The lowest BCUT2D eigenvalue weighted by Gasteiger charge is -2.35. The van der Waals surface area contributed by atoms with Crippen LogP contribution in [0.4, 0.5) is 10.1 Å². The van der Waals surface area contributed by atoms with Crippen molar-refractivity contribution in [3.05, 3.63) is 29.0 Å². The highest BCUT2D eigenvalue weighted by molar-refractivity contribution is 6.30. The number of piperidine rings is 1. The Hall–Kier alpha value is -1.13. The molecule has 1 amide bonds. The lowest BCUT2D eigenvalue weighted by atomic mass is 9.77. The summed E-state index contributed by atoms with van der Waals surface area (Å²) in [5, 5.41) is 6.11. The molecule has 1 saturated heterocycles. The molecule has 2 rings (SSSR count). The quantitative estimate of drug-likeness (QED) is 0.895. The summed E-state index contributed by atoms with van der Waals surface area (Å²) >= 11 is 5.62. The van der Waals surface area contributed by atoms with Crippen LogP contribution in [0.25, 0.3) is 0 Å². The summed E-state index contributed by atoms with van der Waals surface area (Å²) in [5.74, 6) is -0.573. The van der Waals surface area contributed by atoms with Crippen molar-refractivity contribution in [2.24, 2.45) is 5.41 Å². The number of amides is 1. The average Bonchev–Trinajstić information content (AvgIpc) is 2.43. The minimum atomic E-state index is -0.521. The van der Waals surface area contributed by atoms with Crippen LogP contribution in [0, 0.1) is 11.2 Å². The first kappa shape index (κ1) is 14.3. The molecule has 1 aliphatic heterocycles. The fraction of sp³-hybridized carbons (Fsp3) is 0.500. The molecule has 0 spiro atoms. The number of rotatable bonds is 3. The number of hydrogen-bond donors (Lipinski definition) is 2. The molecular weight excluding hydrogens is 267 g/mol. The maximum atomic E-state index is 13.4. The van der Waals surface area contributed by atoms with Gasteiger partial charge in [-0.25, -0.2) is 4.39 Å². The first-order chi connectivity index (χ1) is 9.07. The maximum absolute atomic E-state index is 13.4. The zero-order chi connectivity index (χ0) is 13.9. The summed E-state index contributed by atoms with van der Waals surface area (Å²) in [6.45, 7) is 3.63. The second-order valence-electron chi connectivity index (χ2n) is 5.00. The number of benzene rings is 1. The molecule has 1 aliphatic rings. The van der Waals surface area contributed by atoms with Gasteiger partial charge in [0.2, 0.25) is 5.91 Å². The Morgan fingerprint density at radius 3 is 2.95 bits per heavy atom. The predicted octanol–water partition coefficient (Wildman–Crippen LogP) is 3.20. The third-order valence-electron chi connectivity index (χ3n) is 3.81. The van der Waals surface area contributed by atoms with E-state index in [4.69, 9.17) is 11.6 Å². The van der Waals surface area contributed by atoms with E-state index in [1.165, 1.54) is 12.1 Å². The SMILES string of the molecule is CCC1(C(=O)Nc2ccc(Cl)c(F)c2)CCCNC1. The van der Waals surface area contributed by atoms with Crippen molar-refractivity contribution in [2.75, 3.05) is 18.4 Å². The summed E-state index contributed by atoms with van der Waals surface area (Å²) in [6.07, 6.45) is 2.61. The Morgan fingerprint density at radius 2 is 2.37 bits per heavy atom. The topological polar surface area (TPSA) is 41.1 Å². The lowest BCUT2D eigenvalue weighted by molar-refractivity contribution is -0.126. The maximum Gasteiger partial charge on any atom is 0.231 e. The molecule has 0 bridgehead atoms. The Morgan fingerprint density at radius 1 is 1.58 bits per heavy atom. The zero-order valence-electron chi connectivity index (χ0n) is 10.9. The van der Waals surface area contributed by atoms with Crippen LogP contribution in [0.2, 0.25) is 5.02 Å². The molecular formula is C14H18ClFN2O. The van der Waals surface area contributed by atoms with E-state index in [-0.39, 0.29) is 10.9 Å². The van der Waals surface area contributed by atoms with Crippen molar-refractivity contribution in [2.45, 2.75) is 26.2 Å². The van der Waals surface area contributed by atoms with Gasteiger partial charge in [-0.2, -0.15) is 0 Å². The van der Waals surface area contributed by atoms with Crippen LogP contribution in [0.3, 0.4) is 0 Å². The predicted molar refractivity (Wildman–Crippen MR) is 74.9 cm³/mol. The Balaban J connectivity index is 2.12. The third kappa shape index (κ3) is 3.07. The van der Waals surface area contributed by atoms with Gasteiger partial charge in [0.15, 0.2) is 0 Å². The zero-order valence-corrected chi connectivity index (χ0v) is 11.7. The van der Waals surface area contributed by atoms with Crippen LogP contribution in [0.15, 0.2) is 18.2 Å². The fourth-order valence-corrected chi connectivity index (χ4v) is 2.58. The van der Waals surface area contributed by atoms with Gasteiger partial charge < -0.3 is 10.6 Å². The normalized spacial score (nSPS) is 23.1. The highest BCUT2D eigenvalue weighted by Crippen LogP contribution is 2.32. The number of halogens is 2. The minimum absolute atomic E-state index is 0.0519. The van der Waals surface area contributed by atoms with E-state index < -0.39 is 11.2 Å². The summed E-state index contributed by atoms with van der Waals surface area (Å²) in [4.78, 5) is 12.4. The van der Waals surface area contributed by atoms with Crippen LogP contribution in [0.5, 0.6) is 0 Å². The van der Waals surface area contributed by atoms with E-state index in [9.17, 15) is 9.18 Å². The summed E-state index contributed by atoms with van der Waals surface area (Å²) in [7, 11) is 0. The van der Waals surface area contributed by atoms with Gasteiger partial charge in [-0.15, -0.1) is 0 Å². The molecule has 1 fully saturated rings. The van der Waals surface area contributed by atoms with Gasteiger partial charge in [0.25, 0.3) is 0 Å². The van der Waals surface area contributed by atoms with Gasteiger partial charge in [-0.1, -0.05) is 18.5 Å². The molecule has 1 aromatic carbocycles. The third-order valence-corrected chi connectivity index (χ3v) is 4.11. The van der Waals surface area contributed by atoms with Crippen molar-refractivity contribution >= 4 is 23.2 Å². The first-order valence-electron chi connectivity index (χ1n) is 6.54. The molecule has 1 atom stereocenters. The number of carbonyl (C=O) groups excluding carboxylic acids is 1. The van der Waals surface area contributed by atoms with Gasteiger partial charge in [0, 0.05) is 12.2 Å². The smallest absolute Gasteiger partial charge is 0.231 e. The van der Waals surface area contributed by atoms with Crippen LogP contribution < -0.4 is 10.6 Å². The number of hydrogen-bond acceptors (Lipinski definition) is 2. The van der Waals surface area contributed by atoms with Gasteiger partial charge in [-0.05, 0) is 44.0 Å². The largest absolute Gasteiger partial charge is 0.325 e. The number of carbonyl (C=O) groups is 1. The monoisotopic (exact) mass is 284 g/mol.